The molecule has 0 radical (unpaired) electrons. The molecule has 1 amide bonds. The molecule has 0 aliphatic carbocycles. The molecule has 0 bridgehead atoms. The van der Waals surface area contributed by atoms with Gasteiger partial charge >= 0.3 is 0 Å². The lowest BCUT2D eigenvalue weighted by atomic mass is 10.1. The smallest absolute Gasteiger partial charge is 0.255 e. The topological polar surface area (TPSA) is 97.2 Å². The number of nitrogens with zero attached hydrogens (tertiary/aromatic N) is 4. The third-order valence-electron chi connectivity index (χ3n) is 5.44. The Labute approximate surface area is 182 Å². The van der Waals surface area contributed by atoms with Gasteiger partial charge in [0.25, 0.3) is 5.91 Å². The van der Waals surface area contributed by atoms with Crippen LogP contribution >= 0.6 is 0 Å². The van der Waals surface area contributed by atoms with E-state index in [0.717, 1.165) is 31.4 Å². The van der Waals surface area contributed by atoms with Crippen LogP contribution in [0.4, 0.5) is 5.69 Å². The molecule has 31 heavy (non-hydrogen) atoms. The Hall–Kier alpha value is -3.04. The second-order valence-electron chi connectivity index (χ2n) is 7.64. The second kappa shape index (κ2) is 8.99. The standard InChI is InChI=1S/C22H25N5O3S/c1-17-6-9-19(14-21(17)31(29,30)26-12-4-2-3-5-13-26)25-22(28)18-7-10-20(11-8-18)27-16-23-15-24-27/h6-11,14-16H,2-5,12-13H2,1H3,(H,25,28). The van der Waals surface area contributed by atoms with E-state index >= 15 is 0 Å². The number of amides is 1. The van der Waals surface area contributed by atoms with Crippen LogP contribution in [0.3, 0.4) is 0 Å². The highest BCUT2D eigenvalue weighted by molar-refractivity contribution is 7.89. The van der Waals surface area contributed by atoms with Crippen molar-refractivity contribution in [3.05, 3.63) is 66.2 Å². The first-order chi connectivity index (χ1) is 14.9. The van der Waals surface area contributed by atoms with Crippen LogP contribution in [-0.4, -0.2) is 46.5 Å². The van der Waals surface area contributed by atoms with Crippen LogP contribution in [0.5, 0.6) is 0 Å². The van der Waals surface area contributed by atoms with Gasteiger partial charge in [-0.3, -0.25) is 4.79 Å². The predicted molar refractivity (Wildman–Crippen MR) is 118 cm³/mol. The van der Waals surface area contributed by atoms with Crippen molar-refractivity contribution in [1.29, 1.82) is 0 Å². The summed E-state index contributed by atoms with van der Waals surface area (Å²) in [5.74, 6) is -0.313. The fraction of sp³-hybridized carbons (Fsp3) is 0.318. The van der Waals surface area contributed by atoms with Crippen molar-refractivity contribution in [3.63, 3.8) is 0 Å². The van der Waals surface area contributed by atoms with Gasteiger partial charge in [-0.1, -0.05) is 18.9 Å². The minimum Gasteiger partial charge on any atom is -0.322 e. The summed E-state index contributed by atoms with van der Waals surface area (Å²) in [5, 5.41) is 6.87. The van der Waals surface area contributed by atoms with E-state index in [9.17, 15) is 13.2 Å². The SMILES string of the molecule is Cc1ccc(NC(=O)c2ccc(-n3cncn3)cc2)cc1S(=O)(=O)N1CCCCCC1. The maximum atomic E-state index is 13.2. The highest BCUT2D eigenvalue weighted by Crippen LogP contribution is 2.26. The zero-order chi connectivity index (χ0) is 21.8. The van der Waals surface area contributed by atoms with Crippen LogP contribution in [-0.2, 0) is 10.0 Å². The molecule has 3 aromatic rings. The Bertz CT molecular complexity index is 1150. The maximum Gasteiger partial charge on any atom is 0.255 e. The molecule has 8 nitrogen and oxygen atoms in total. The summed E-state index contributed by atoms with van der Waals surface area (Å²) in [6.45, 7) is 2.85. The number of aromatic nitrogens is 3. The zero-order valence-electron chi connectivity index (χ0n) is 17.4. The van der Waals surface area contributed by atoms with Gasteiger partial charge in [0.1, 0.15) is 12.7 Å². The number of benzene rings is 2. The predicted octanol–water partition coefficient (Wildman–Crippen LogP) is 3.39. The van der Waals surface area contributed by atoms with Crippen LogP contribution in [0.2, 0.25) is 0 Å². The van der Waals surface area contributed by atoms with Crippen molar-refractivity contribution >= 4 is 21.6 Å². The molecule has 4 rings (SSSR count). The van der Waals surface area contributed by atoms with Crippen molar-refractivity contribution in [2.75, 3.05) is 18.4 Å². The minimum atomic E-state index is -3.60. The summed E-state index contributed by atoms with van der Waals surface area (Å²) in [6, 6.07) is 11.9. The van der Waals surface area contributed by atoms with Gasteiger partial charge in [-0.15, -0.1) is 0 Å². The minimum absolute atomic E-state index is 0.244. The van der Waals surface area contributed by atoms with Crippen LogP contribution in [0.15, 0.2) is 60.0 Å². The zero-order valence-corrected chi connectivity index (χ0v) is 18.2. The van der Waals surface area contributed by atoms with Crippen molar-refractivity contribution < 1.29 is 13.2 Å². The van der Waals surface area contributed by atoms with Crippen molar-refractivity contribution in [3.8, 4) is 5.69 Å². The molecule has 2 aromatic carbocycles. The molecule has 9 heteroatoms. The molecule has 0 saturated carbocycles. The van der Waals surface area contributed by atoms with Crippen molar-refractivity contribution in [1.82, 2.24) is 19.1 Å². The molecule has 0 atom stereocenters. The van der Waals surface area contributed by atoms with Crippen molar-refractivity contribution in [2.45, 2.75) is 37.5 Å². The van der Waals surface area contributed by atoms with Gasteiger partial charge in [0.05, 0.1) is 10.6 Å². The number of carbonyl (C=O) groups is 1. The summed E-state index contributed by atoms with van der Waals surface area (Å²) < 4.78 is 29.6. The van der Waals surface area contributed by atoms with Crippen LogP contribution < -0.4 is 5.32 Å². The van der Waals surface area contributed by atoms with E-state index in [4.69, 9.17) is 0 Å². The summed E-state index contributed by atoms with van der Waals surface area (Å²) >= 11 is 0. The first kappa shape index (κ1) is 21.2. The lowest BCUT2D eigenvalue weighted by molar-refractivity contribution is 0.102. The average molecular weight is 440 g/mol. The average Bonchev–Trinajstić information content (AvgIpc) is 3.16. The van der Waals surface area contributed by atoms with Gasteiger partial charge in [-0.2, -0.15) is 9.40 Å². The Morgan fingerprint density at radius 3 is 2.35 bits per heavy atom. The Morgan fingerprint density at radius 1 is 1.00 bits per heavy atom. The first-order valence-electron chi connectivity index (χ1n) is 10.3. The molecular weight excluding hydrogens is 414 g/mol. The molecule has 162 valence electrons. The number of hydrogen-bond donors (Lipinski definition) is 1. The van der Waals surface area contributed by atoms with E-state index < -0.39 is 10.0 Å². The van der Waals surface area contributed by atoms with Crippen molar-refractivity contribution in [2.24, 2.45) is 0 Å². The first-order valence-corrected chi connectivity index (χ1v) is 11.8. The van der Waals surface area contributed by atoms with E-state index in [1.165, 1.54) is 6.33 Å². The van der Waals surface area contributed by atoms with E-state index in [-0.39, 0.29) is 10.8 Å². The monoisotopic (exact) mass is 439 g/mol. The summed E-state index contributed by atoms with van der Waals surface area (Å²) in [5.41, 5.74) is 2.36. The van der Waals surface area contributed by atoms with E-state index in [1.807, 2.05) is 0 Å². The van der Waals surface area contributed by atoms with E-state index in [2.05, 4.69) is 15.4 Å². The molecule has 0 spiro atoms. The summed E-state index contributed by atoms with van der Waals surface area (Å²) in [4.78, 5) is 16.8. The van der Waals surface area contributed by atoms with Crippen LogP contribution in [0.1, 0.15) is 41.6 Å². The molecule has 1 aliphatic rings. The fourth-order valence-corrected chi connectivity index (χ4v) is 5.46. The molecule has 1 saturated heterocycles. The Morgan fingerprint density at radius 2 is 1.71 bits per heavy atom. The lowest BCUT2D eigenvalue weighted by Gasteiger charge is -2.21. The number of aryl methyl sites for hydroxylation is 1. The Kier molecular flexibility index (Phi) is 6.15. The molecule has 2 heterocycles. The van der Waals surface area contributed by atoms with Gasteiger partial charge in [-0.05, 0) is 61.7 Å². The molecule has 1 aromatic heterocycles. The van der Waals surface area contributed by atoms with Crippen LogP contribution in [0.25, 0.3) is 5.69 Å². The highest BCUT2D eigenvalue weighted by Gasteiger charge is 2.27. The van der Waals surface area contributed by atoms with Gasteiger partial charge in [0.15, 0.2) is 0 Å². The molecule has 1 N–H and O–H groups in total. The number of nitrogens with one attached hydrogen (secondary N) is 1. The fourth-order valence-electron chi connectivity index (χ4n) is 3.69. The van der Waals surface area contributed by atoms with E-state index in [0.29, 0.717) is 29.9 Å². The highest BCUT2D eigenvalue weighted by atomic mass is 32.2. The summed E-state index contributed by atoms with van der Waals surface area (Å²) in [7, 11) is -3.60. The van der Waals surface area contributed by atoms with Gasteiger partial charge in [-0.25, -0.2) is 18.1 Å². The summed E-state index contributed by atoms with van der Waals surface area (Å²) in [6.07, 6.45) is 6.87. The van der Waals surface area contributed by atoms with Gasteiger partial charge < -0.3 is 5.32 Å². The Balaban J connectivity index is 1.53. The second-order valence-corrected chi connectivity index (χ2v) is 9.55. The maximum absolute atomic E-state index is 13.2. The number of anilines is 1. The lowest BCUT2D eigenvalue weighted by Crippen LogP contribution is -2.32. The molecule has 1 aliphatic heterocycles. The molecule has 1 fully saturated rings. The quantitative estimate of drug-likeness (QED) is 0.657. The van der Waals surface area contributed by atoms with Gasteiger partial charge in [0.2, 0.25) is 10.0 Å². The largest absolute Gasteiger partial charge is 0.322 e. The number of carbonyl (C=O) groups excluding carboxylic acids is 1. The third kappa shape index (κ3) is 4.67. The number of rotatable bonds is 5. The normalized spacial score (nSPS) is 15.4. The van der Waals surface area contributed by atoms with Gasteiger partial charge in [0, 0.05) is 24.3 Å². The molecular formula is C22H25N5O3S. The number of hydrogen-bond acceptors (Lipinski definition) is 5. The molecule has 0 unspecified atom stereocenters. The third-order valence-corrected chi connectivity index (χ3v) is 7.48. The van der Waals surface area contributed by atoms with E-state index in [1.54, 1.807) is 64.7 Å². The number of sulfonamides is 1. The van der Waals surface area contributed by atoms with Crippen LogP contribution in [0, 0.1) is 6.92 Å².